The average Bonchev–Trinajstić information content (AvgIpc) is 3.40. The fourth-order valence-electron chi connectivity index (χ4n) is 8.41. The molecule has 0 unspecified atom stereocenters. The highest BCUT2D eigenvalue weighted by Crippen LogP contribution is 2.68. The molecule has 0 aromatic heterocycles. The van der Waals surface area contributed by atoms with Crippen molar-refractivity contribution < 1.29 is 9.84 Å². The Morgan fingerprint density at radius 3 is 2.62 bits per heavy atom. The Morgan fingerprint density at radius 1 is 1.07 bits per heavy atom. The van der Waals surface area contributed by atoms with E-state index in [1.54, 1.807) is 5.57 Å². The summed E-state index contributed by atoms with van der Waals surface area (Å²) in [5.74, 6) is 3.97. The maximum Gasteiger partial charge on any atom is 0.111 e. The third-order valence-electron chi connectivity index (χ3n) is 10.1. The van der Waals surface area contributed by atoms with E-state index in [0.29, 0.717) is 11.3 Å². The minimum absolute atomic E-state index is 0.0992. The van der Waals surface area contributed by atoms with Crippen LogP contribution < -0.4 is 0 Å². The second kappa shape index (κ2) is 6.95. The molecule has 0 aromatic rings. The zero-order chi connectivity index (χ0) is 20.6. The lowest BCUT2D eigenvalue weighted by molar-refractivity contribution is 0.0406. The van der Waals surface area contributed by atoms with Crippen molar-refractivity contribution in [2.75, 3.05) is 0 Å². The van der Waals surface area contributed by atoms with Gasteiger partial charge in [-0.15, -0.1) is 0 Å². The lowest BCUT2D eigenvalue weighted by Gasteiger charge is -2.54. The number of hydrogen-bond donors (Lipinski definition) is 1. The molecule has 2 heteroatoms. The van der Waals surface area contributed by atoms with Crippen molar-refractivity contribution in [1.29, 1.82) is 0 Å². The molecule has 0 spiro atoms. The predicted molar refractivity (Wildman–Crippen MR) is 118 cm³/mol. The van der Waals surface area contributed by atoms with Crippen molar-refractivity contribution in [3.8, 4) is 0 Å². The summed E-state index contributed by atoms with van der Waals surface area (Å²) in [4.78, 5) is 0. The molecule has 2 nitrogen and oxygen atoms in total. The van der Waals surface area contributed by atoms with Gasteiger partial charge in [-0.25, -0.2) is 0 Å². The molecular weight excluding hydrogens is 356 g/mol. The normalized spacial score (nSPS) is 48.8. The van der Waals surface area contributed by atoms with Crippen LogP contribution in [0.15, 0.2) is 23.3 Å². The highest BCUT2D eigenvalue weighted by atomic mass is 16.6. The SMILES string of the molecule is CC(C)CCC[C@@H](C)[C@H]1CC[C@H]2C3=CC=C4C[C@@H](O)[C@@H]5O[C@@H]5[C@]4(C)[C@H]3CC[C@]12C. The van der Waals surface area contributed by atoms with Gasteiger partial charge in [-0.3, -0.25) is 0 Å². The fourth-order valence-corrected chi connectivity index (χ4v) is 8.41. The zero-order valence-electron chi connectivity index (χ0n) is 19.3. The van der Waals surface area contributed by atoms with Crippen LogP contribution in [-0.2, 0) is 4.74 Å². The Kier molecular flexibility index (Phi) is 4.87. The van der Waals surface area contributed by atoms with Crippen molar-refractivity contribution in [1.82, 2.24) is 0 Å². The second-order valence-corrected chi connectivity index (χ2v) is 12.1. The van der Waals surface area contributed by atoms with Crippen LogP contribution in [0.4, 0.5) is 0 Å². The summed E-state index contributed by atoms with van der Waals surface area (Å²) in [5.41, 5.74) is 3.82. The van der Waals surface area contributed by atoms with Gasteiger partial charge in [0.15, 0.2) is 0 Å². The van der Waals surface area contributed by atoms with Crippen LogP contribution in [0.2, 0.25) is 0 Å². The van der Waals surface area contributed by atoms with Gasteiger partial charge in [0.1, 0.15) is 6.10 Å². The highest BCUT2D eigenvalue weighted by molar-refractivity contribution is 5.42. The molecule has 0 amide bonds. The number of fused-ring (bicyclic) bond motifs is 7. The molecule has 1 saturated heterocycles. The number of allylic oxidation sites excluding steroid dienone is 3. The van der Waals surface area contributed by atoms with Crippen molar-refractivity contribution in [3.05, 3.63) is 23.3 Å². The number of aliphatic hydroxyl groups is 1. The van der Waals surface area contributed by atoms with E-state index in [4.69, 9.17) is 4.74 Å². The Hall–Kier alpha value is -0.600. The molecule has 29 heavy (non-hydrogen) atoms. The van der Waals surface area contributed by atoms with Gasteiger partial charge in [0, 0.05) is 5.41 Å². The van der Waals surface area contributed by atoms with Gasteiger partial charge in [-0.2, -0.15) is 0 Å². The van der Waals surface area contributed by atoms with E-state index in [-0.39, 0.29) is 23.7 Å². The number of epoxide rings is 1. The van der Waals surface area contributed by atoms with Gasteiger partial charge < -0.3 is 9.84 Å². The Labute approximate surface area is 178 Å². The van der Waals surface area contributed by atoms with E-state index >= 15 is 0 Å². The molecule has 9 atom stereocenters. The maximum atomic E-state index is 10.4. The third kappa shape index (κ3) is 2.95. The fraction of sp³-hybridized carbons (Fsp3) is 0.852. The molecule has 162 valence electrons. The average molecular weight is 399 g/mol. The molecule has 3 saturated carbocycles. The molecule has 0 aromatic carbocycles. The van der Waals surface area contributed by atoms with Gasteiger partial charge in [0.05, 0.1) is 12.2 Å². The van der Waals surface area contributed by atoms with Crippen LogP contribution in [0, 0.1) is 40.4 Å². The largest absolute Gasteiger partial charge is 0.390 e. The number of aliphatic hydroxyl groups excluding tert-OH is 1. The van der Waals surface area contributed by atoms with E-state index in [9.17, 15) is 5.11 Å². The molecule has 1 aliphatic heterocycles. The minimum atomic E-state index is -0.286. The van der Waals surface area contributed by atoms with Crippen LogP contribution in [0.1, 0.15) is 86.0 Å². The van der Waals surface area contributed by atoms with Crippen LogP contribution in [0.5, 0.6) is 0 Å². The molecule has 1 N–H and O–H groups in total. The summed E-state index contributed by atoms with van der Waals surface area (Å²) in [6.45, 7) is 12.3. The summed E-state index contributed by atoms with van der Waals surface area (Å²) in [7, 11) is 0. The number of rotatable bonds is 5. The van der Waals surface area contributed by atoms with Crippen LogP contribution in [0.25, 0.3) is 0 Å². The topological polar surface area (TPSA) is 32.8 Å². The summed E-state index contributed by atoms with van der Waals surface area (Å²) >= 11 is 0. The molecule has 4 fully saturated rings. The summed E-state index contributed by atoms with van der Waals surface area (Å²) in [5, 5.41) is 10.4. The van der Waals surface area contributed by atoms with Gasteiger partial charge in [-0.1, -0.05) is 77.2 Å². The van der Waals surface area contributed by atoms with Crippen LogP contribution >= 0.6 is 0 Å². The highest BCUT2D eigenvalue weighted by Gasteiger charge is 2.66. The van der Waals surface area contributed by atoms with E-state index in [1.165, 1.54) is 50.5 Å². The van der Waals surface area contributed by atoms with Crippen molar-refractivity contribution >= 4 is 0 Å². The molecular formula is C27H42O2. The molecule has 5 rings (SSSR count). The van der Waals surface area contributed by atoms with Crippen LogP contribution in [0.3, 0.4) is 0 Å². The van der Waals surface area contributed by atoms with Gasteiger partial charge in [-0.05, 0) is 67.1 Å². The number of ether oxygens (including phenoxy) is 1. The summed E-state index contributed by atoms with van der Waals surface area (Å²) in [6.07, 6.45) is 15.4. The quantitative estimate of drug-likeness (QED) is 0.552. The van der Waals surface area contributed by atoms with E-state index in [0.717, 1.165) is 30.1 Å². The van der Waals surface area contributed by atoms with E-state index < -0.39 is 0 Å². The summed E-state index contributed by atoms with van der Waals surface area (Å²) < 4.78 is 6.05. The monoisotopic (exact) mass is 398 g/mol. The van der Waals surface area contributed by atoms with E-state index in [1.807, 2.05) is 0 Å². The Bertz CT molecular complexity index is 720. The van der Waals surface area contributed by atoms with Gasteiger partial charge >= 0.3 is 0 Å². The first-order chi connectivity index (χ1) is 13.8. The molecule has 5 aliphatic rings. The predicted octanol–water partition coefficient (Wildman–Crippen LogP) is 6.30. The first-order valence-corrected chi connectivity index (χ1v) is 12.5. The zero-order valence-corrected chi connectivity index (χ0v) is 19.3. The third-order valence-corrected chi connectivity index (χ3v) is 10.1. The molecule has 0 radical (unpaired) electrons. The standard InChI is InChI=1S/C27H42O2/c1-16(2)7-6-8-17(3)20-11-12-21-19-10-9-18-15-23(28)24-25(29-24)27(18,5)22(19)13-14-26(20,21)4/h9-10,16-17,20-25,28H,6-8,11-15H2,1-5H3/t17-,20-,21+,22+,23-,24+,25+,26-,27+/m1/s1. The number of hydrogen-bond acceptors (Lipinski definition) is 2. The molecule has 1 heterocycles. The van der Waals surface area contributed by atoms with Gasteiger partial charge in [0.2, 0.25) is 0 Å². The maximum absolute atomic E-state index is 10.4. The lowest BCUT2D eigenvalue weighted by atomic mass is 9.50. The van der Waals surface area contributed by atoms with Crippen molar-refractivity contribution in [2.45, 2.75) is 104 Å². The first kappa shape index (κ1) is 20.3. The Morgan fingerprint density at radius 2 is 1.86 bits per heavy atom. The minimum Gasteiger partial charge on any atom is -0.390 e. The van der Waals surface area contributed by atoms with Crippen LogP contribution in [-0.4, -0.2) is 23.4 Å². The Balaban J connectivity index is 1.37. The van der Waals surface area contributed by atoms with Crippen molar-refractivity contribution in [2.24, 2.45) is 40.4 Å². The smallest absolute Gasteiger partial charge is 0.111 e. The second-order valence-electron chi connectivity index (χ2n) is 12.1. The van der Waals surface area contributed by atoms with Crippen molar-refractivity contribution in [3.63, 3.8) is 0 Å². The molecule has 4 aliphatic carbocycles. The van der Waals surface area contributed by atoms with Gasteiger partial charge in [0.25, 0.3) is 0 Å². The lowest BCUT2D eigenvalue weighted by Crippen LogP contribution is -2.49. The molecule has 0 bridgehead atoms. The summed E-state index contributed by atoms with van der Waals surface area (Å²) in [6, 6.07) is 0. The first-order valence-electron chi connectivity index (χ1n) is 12.5. The van der Waals surface area contributed by atoms with E-state index in [2.05, 4.69) is 46.8 Å².